The molecule has 1 aromatic carbocycles. The van der Waals surface area contributed by atoms with Crippen LogP contribution in [0.25, 0.3) is 0 Å². The van der Waals surface area contributed by atoms with E-state index in [2.05, 4.69) is 26.8 Å². The van der Waals surface area contributed by atoms with Crippen molar-refractivity contribution in [3.63, 3.8) is 0 Å². The monoisotopic (exact) mass is 272 g/mol. The summed E-state index contributed by atoms with van der Waals surface area (Å²) in [6.07, 6.45) is 7.38. The lowest BCUT2D eigenvalue weighted by Gasteiger charge is -2.07. The van der Waals surface area contributed by atoms with Crippen molar-refractivity contribution in [1.82, 2.24) is 0 Å². The van der Waals surface area contributed by atoms with Crippen molar-refractivity contribution in [3.8, 4) is 0 Å². The second kappa shape index (κ2) is 9.13. The Bertz CT molecular complexity index is 458. The average molecular weight is 272 g/mol. The first kappa shape index (κ1) is 16.2. The van der Waals surface area contributed by atoms with E-state index in [1.165, 1.54) is 5.57 Å². The highest BCUT2D eigenvalue weighted by atomic mass is 16.5. The highest BCUT2D eigenvalue weighted by Crippen LogP contribution is 2.12. The molecular formula is C18H24O2. The Morgan fingerprint density at radius 3 is 2.65 bits per heavy atom. The van der Waals surface area contributed by atoms with E-state index in [1.54, 1.807) is 0 Å². The quantitative estimate of drug-likeness (QED) is 0.546. The SMILES string of the molecule is CCC(C)/C(C)=C/C=C/COC(=O)Cc1ccccc1. The predicted octanol–water partition coefficient (Wildman–Crippen LogP) is 4.32. The summed E-state index contributed by atoms with van der Waals surface area (Å²) >= 11 is 0. The minimum absolute atomic E-state index is 0.191. The molecule has 0 aromatic heterocycles. The van der Waals surface area contributed by atoms with Crippen molar-refractivity contribution >= 4 is 5.97 Å². The van der Waals surface area contributed by atoms with Gasteiger partial charge in [-0.2, -0.15) is 0 Å². The van der Waals surface area contributed by atoms with Crippen molar-refractivity contribution in [2.75, 3.05) is 6.61 Å². The molecule has 0 saturated carbocycles. The van der Waals surface area contributed by atoms with Gasteiger partial charge in [-0.15, -0.1) is 0 Å². The number of allylic oxidation sites excluding steroid dienone is 3. The van der Waals surface area contributed by atoms with Crippen LogP contribution in [0.1, 0.15) is 32.8 Å². The lowest BCUT2D eigenvalue weighted by molar-refractivity contribution is -0.141. The Morgan fingerprint density at radius 2 is 2.00 bits per heavy atom. The van der Waals surface area contributed by atoms with Crippen LogP contribution in [-0.2, 0) is 16.0 Å². The molecule has 2 nitrogen and oxygen atoms in total. The minimum atomic E-state index is -0.191. The fraction of sp³-hybridized carbons (Fsp3) is 0.389. The highest BCUT2D eigenvalue weighted by Gasteiger charge is 2.02. The highest BCUT2D eigenvalue weighted by molar-refractivity contribution is 5.72. The average Bonchev–Trinajstić information content (AvgIpc) is 2.46. The molecule has 0 saturated heterocycles. The number of rotatable bonds is 7. The molecule has 1 rings (SSSR count). The largest absolute Gasteiger partial charge is 0.461 e. The standard InChI is InChI=1S/C18H24O2/c1-4-15(2)16(3)10-8-9-13-20-18(19)14-17-11-6-5-7-12-17/h5-12,15H,4,13-14H2,1-3H3/b9-8+,16-10+. The van der Waals surface area contributed by atoms with E-state index < -0.39 is 0 Å². The fourth-order valence-corrected chi connectivity index (χ4v) is 1.72. The Labute approximate surface area is 122 Å². The number of hydrogen-bond donors (Lipinski definition) is 0. The molecule has 0 aliphatic rings. The van der Waals surface area contributed by atoms with Crippen LogP contribution in [0.3, 0.4) is 0 Å². The zero-order valence-electron chi connectivity index (χ0n) is 12.6. The number of ether oxygens (including phenoxy) is 1. The molecule has 0 spiro atoms. The molecule has 0 fully saturated rings. The van der Waals surface area contributed by atoms with Gasteiger partial charge in [0.05, 0.1) is 6.42 Å². The van der Waals surface area contributed by atoms with Crippen LogP contribution in [0.2, 0.25) is 0 Å². The van der Waals surface area contributed by atoms with Crippen molar-refractivity contribution < 1.29 is 9.53 Å². The molecule has 0 N–H and O–H groups in total. The molecule has 1 unspecified atom stereocenters. The molecule has 108 valence electrons. The van der Waals surface area contributed by atoms with E-state index in [4.69, 9.17) is 4.74 Å². The summed E-state index contributed by atoms with van der Waals surface area (Å²) in [5, 5.41) is 0. The van der Waals surface area contributed by atoms with E-state index in [1.807, 2.05) is 42.5 Å². The zero-order chi connectivity index (χ0) is 14.8. The number of benzene rings is 1. The molecule has 0 radical (unpaired) electrons. The summed E-state index contributed by atoms with van der Waals surface area (Å²) in [6, 6.07) is 9.63. The second-order valence-corrected chi connectivity index (χ2v) is 4.99. The van der Waals surface area contributed by atoms with Crippen LogP contribution in [0, 0.1) is 5.92 Å². The molecule has 0 bridgehead atoms. The van der Waals surface area contributed by atoms with E-state index in [-0.39, 0.29) is 5.97 Å². The van der Waals surface area contributed by atoms with Crippen LogP contribution in [0.5, 0.6) is 0 Å². The smallest absolute Gasteiger partial charge is 0.310 e. The van der Waals surface area contributed by atoms with Crippen molar-refractivity contribution in [2.45, 2.75) is 33.6 Å². The molecule has 0 aliphatic heterocycles. The number of esters is 1. The summed E-state index contributed by atoms with van der Waals surface area (Å²) in [4.78, 5) is 11.6. The third-order valence-corrected chi connectivity index (χ3v) is 3.42. The van der Waals surface area contributed by atoms with Crippen molar-refractivity contribution in [3.05, 3.63) is 59.7 Å². The number of carbonyl (C=O) groups is 1. The van der Waals surface area contributed by atoms with E-state index in [0.29, 0.717) is 18.9 Å². The van der Waals surface area contributed by atoms with Gasteiger partial charge in [-0.25, -0.2) is 0 Å². The summed E-state index contributed by atoms with van der Waals surface area (Å²) in [5.74, 6) is 0.406. The Hall–Kier alpha value is -1.83. The maximum Gasteiger partial charge on any atom is 0.310 e. The Morgan fingerprint density at radius 1 is 1.30 bits per heavy atom. The third kappa shape index (κ3) is 6.37. The van der Waals surface area contributed by atoms with Crippen molar-refractivity contribution in [2.24, 2.45) is 5.92 Å². The second-order valence-electron chi connectivity index (χ2n) is 4.99. The maximum atomic E-state index is 11.6. The third-order valence-electron chi connectivity index (χ3n) is 3.42. The van der Waals surface area contributed by atoms with Gasteiger partial charge >= 0.3 is 5.97 Å². The van der Waals surface area contributed by atoms with Gasteiger partial charge in [0.2, 0.25) is 0 Å². The molecule has 1 atom stereocenters. The Kier molecular flexibility index (Phi) is 7.41. The van der Waals surface area contributed by atoms with Crippen LogP contribution < -0.4 is 0 Å². The molecule has 0 amide bonds. The van der Waals surface area contributed by atoms with Gasteiger partial charge in [-0.3, -0.25) is 4.79 Å². The number of hydrogen-bond acceptors (Lipinski definition) is 2. The molecule has 2 heteroatoms. The molecular weight excluding hydrogens is 248 g/mol. The van der Waals surface area contributed by atoms with Gasteiger partial charge in [-0.1, -0.05) is 61.9 Å². The molecule has 1 aromatic rings. The summed E-state index contributed by atoms with van der Waals surface area (Å²) in [7, 11) is 0. The van der Waals surface area contributed by atoms with Gasteiger partial charge in [0.25, 0.3) is 0 Å². The van der Waals surface area contributed by atoms with E-state index in [0.717, 1.165) is 12.0 Å². The summed E-state index contributed by atoms with van der Waals surface area (Å²) < 4.78 is 5.16. The van der Waals surface area contributed by atoms with Crippen LogP contribution in [-0.4, -0.2) is 12.6 Å². The molecule has 0 heterocycles. The van der Waals surface area contributed by atoms with Crippen LogP contribution in [0.15, 0.2) is 54.1 Å². The normalized spacial score (nSPS) is 13.4. The van der Waals surface area contributed by atoms with Gasteiger partial charge in [0.1, 0.15) is 6.61 Å². The lowest BCUT2D eigenvalue weighted by Crippen LogP contribution is -2.07. The molecule has 0 aliphatic carbocycles. The fourth-order valence-electron chi connectivity index (χ4n) is 1.72. The van der Waals surface area contributed by atoms with Crippen molar-refractivity contribution in [1.29, 1.82) is 0 Å². The minimum Gasteiger partial charge on any atom is -0.461 e. The topological polar surface area (TPSA) is 26.3 Å². The van der Waals surface area contributed by atoms with Gasteiger partial charge in [0, 0.05) is 0 Å². The van der Waals surface area contributed by atoms with Crippen LogP contribution >= 0.6 is 0 Å². The van der Waals surface area contributed by atoms with Crippen LogP contribution in [0.4, 0.5) is 0 Å². The van der Waals surface area contributed by atoms with Gasteiger partial charge in [-0.05, 0) is 30.9 Å². The van der Waals surface area contributed by atoms with E-state index in [9.17, 15) is 4.79 Å². The van der Waals surface area contributed by atoms with E-state index >= 15 is 0 Å². The van der Waals surface area contributed by atoms with Gasteiger partial charge < -0.3 is 4.74 Å². The first-order valence-corrected chi connectivity index (χ1v) is 7.16. The summed E-state index contributed by atoms with van der Waals surface area (Å²) in [6.45, 7) is 6.84. The first-order chi connectivity index (χ1) is 9.63. The molecule has 20 heavy (non-hydrogen) atoms. The summed E-state index contributed by atoms with van der Waals surface area (Å²) in [5.41, 5.74) is 2.33. The van der Waals surface area contributed by atoms with Gasteiger partial charge in [0.15, 0.2) is 0 Å². The maximum absolute atomic E-state index is 11.6. The lowest BCUT2D eigenvalue weighted by atomic mass is 10.00. The predicted molar refractivity (Wildman–Crippen MR) is 83.5 cm³/mol. The first-order valence-electron chi connectivity index (χ1n) is 7.16. The Balaban J connectivity index is 2.29. The number of carbonyl (C=O) groups excluding carboxylic acids is 1. The zero-order valence-corrected chi connectivity index (χ0v) is 12.6.